The first-order chi connectivity index (χ1) is 15.4. The van der Waals surface area contributed by atoms with E-state index in [1.165, 1.54) is 0 Å². The van der Waals surface area contributed by atoms with E-state index in [-0.39, 0.29) is 35.4 Å². The van der Waals surface area contributed by atoms with Crippen LogP contribution in [0.2, 0.25) is 0 Å². The van der Waals surface area contributed by atoms with E-state index in [1.807, 2.05) is 77.9 Å². The van der Waals surface area contributed by atoms with Gasteiger partial charge in [0.1, 0.15) is 0 Å². The van der Waals surface area contributed by atoms with Crippen LogP contribution in [0.4, 0.5) is 4.79 Å². The topological polar surface area (TPSA) is 87.5 Å². The molecule has 9 heteroatoms. The zero-order valence-corrected chi connectivity index (χ0v) is 21.8. The lowest BCUT2D eigenvalue weighted by Gasteiger charge is -2.26. The molecule has 0 bridgehead atoms. The van der Waals surface area contributed by atoms with Crippen LogP contribution in [-0.2, 0) is 28.7 Å². The van der Waals surface area contributed by atoms with Crippen LogP contribution in [0.25, 0.3) is 0 Å². The van der Waals surface area contributed by atoms with Crippen molar-refractivity contribution in [3.63, 3.8) is 0 Å². The number of carbonyl (C=O) groups excluding carboxylic acids is 1. The fourth-order valence-corrected chi connectivity index (χ4v) is 5.08. The minimum Gasteiger partial charge on any atom is -0.336 e. The van der Waals surface area contributed by atoms with Crippen LogP contribution in [0.15, 0.2) is 35.6 Å². The van der Waals surface area contributed by atoms with Crippen molar-refractivity contribution in [2.75, 3.05) is 27.2 Å². The van der Waals surface area contributed by atoms with Gasteiger partial charge >= 0.3 is 6.03 Å². The third-order valence-corrected chi connectivity index (χ3v) is 6.78. The third kappa shape index (κ3) is 7.85. The first-order valence-corrected chi connectivity index (χ1v) is 13.1. The van der Waals surface area contributed by atoms with Crippen molar-refractivity contribution >= 4 is 15.9 Å². The number of nitrogens with one attached hydrogen (secondary N) is 1. The van der Waals surface area contributed by atoms with Gasteiger partial charge in [0.2, 0.25) is 15.0 Å². The highest BCUT2D eigenvalue weighted by Crippen LogP contribution is 2.21. The summed E-state index contributed by atoms with van der Waals surface area (Å²) in [6, 6.07) is 7.32. The van der Waals surface area contributed by atoms with Crippen LogP contribution in [0.1, 0.15) is 44.5 Å². The first-order valence-electron chi connectivity index (χ1n) is 11.4. The molecule has 1 N–H and O–H groups in total. The first kappa shape index (κ1) is 26.9. The van der Waals surface area contributed by atoms with Crippen LogP contribution >= 0.6 is 0 Å². The fraction of sp³-hybridized carbons (Fsp3) is 0.583. The number of aromatic nitrogens is 2. The smallest absolute Gasteiger partial charge is 0.317 e. The summed E-state index contributed by atoms with van der Waals surface area (Å²) in [7, 11) is 0.245. The molecule has 1 aromatic heterocycles. The number of hydrogen-bond donors (Lipinski definition) is 1. The zero-order chi connectivity index (χ0) is 24.8. The number of rotatable bonds is 11. The molecule has 1 aromatic carbocycles. The number of sulfone groups is 1. The molecule has 0 saturated carbocycles. The molecule has 184 valence electrons. The molecule has 0 atom stereocenters. The molecular formula is C24H39N5O3S. The highest BCUT2D eigenvalue weighted by atomic mass is 32.2. The Bertz CT molecular complexity index is 1030. The minimum atomic E-state index is -3.67. The molecule has 2 rings (SSSR count). The van der Waals surface area contributed by atoms with E-state index < -0.39 is 9.84 Å². The van der Waals surface area contributed by atoms with E-state index in [0.717, 1.165) is 11.1 Å². The summed E-state index contributed by atoms with van der Waals surface area (Å²) < 4.78 is 28.5. The molecule has 0 spiro atoms. The van der Waals surface area contributed by atoms with Gasteiger partial charge in [0.25, 0.3) is 0 Å². The van der Waals surface area contributed by atoms with Crippen molar-refractivity contribution < 1.29 is 13.2 Å². The Labute approximate surface area is 198 Å². The predicted molar refractivity (Wildman–Crippen MR) is 132 cm³/mol. The van der Waals surface area contributed by atoms with E-state index in [4.69, 9.17) is 0 Å². The van der Waals surface area contributed by atoms with Gasteiger partial charge < -0.3 is 19.7 Å². The average molecular weight is 478 g/mol. The van der Waals surface area contributed by atoms with E-state index in [2.05, 4.69) is 10.3 Å². The van der Waals surface area contributed by atoms with Crippen LogP contribution in [-0.4, -0.2) is 67.0 Å². The van der Waals surface area contributed by atoms with Gasteiger partial charge in [0, 0.05) is 25.7 Å². The number of nitrogens with zero attached hydrogens (tertiary/aromatic N) is 4. The minimum absolute atomic E-state index is 0.00461. The molecule has 2 amide bonds. The maximum Gasteiger partial charge on any atom is 0.317 e. The summed E-state index contributed by atoms with van der Waals surface area (Å²) in [5, 5.41) is 3.00. The Kier molecular flexibility index (Phi) is 9.48. The second-order valence-electron chi connectivity index (χ2n) is 9.55. The number of benzene rings is 1. The van der Waals surface area contributed by atoms with Gasteiger partial charge in [-0.25, -0.2) is 18.2 Å². The van der Waals surface area contributed by atoms with E-state index in [1.54, 1.807) is 15.7 Å². The predicted octanol–water partition coefficient (Wildman–Crippen LogP) is 3.30. The van der Waals surface area contributed by atoms with Crippen molar-refractivity contribution in [2.45, 2.75) is 64.7 Å². The van der Waals surface area contributed by atoms with Crippen molar-refractivity contribution in [1.82, 2.24) is 24.7 Å². The number of likely N-dealkylation sites (N-methyl/N-ethyl adjacent to an activating group) is 1. The van der Waals surface area contributed by atoms with E-state index in [9.17, 15) is 13.2 Å². The van der Waals surface area contributed by atoms with Gasteiger partial charge in [0.05, 0.1) is 24.2 Å². The van der Waals surface area contributed by atoms with E-state index in [0.29, 0.717) is 25.3 Å². The largest absolute Gasteiger partial charge is 0.336 e. The van der Waals surface area contributed by atoms with Gasteiger partial charge in [0.15, 0.2) is 0 Å². The molecule has 0 saturated heterocycles. The van der Waals surface area contributed by atoms with Gasteiger partial charge in [-0.2, -0.15) is 0 Å². The van der Waals surface area contributed by atoms with Gasteiger partial charge in [-0.15, -0.1) is 0 Å². The number of urea groups is 1. The van der Waals surface area contributed by atoms with Crippen molar-refractivity contribution in [3.05, 3.63) is 47.3 Å². The fourth-order valence-electron chi connectivity index (χ4n) is 3.48. The van der Waals surface area contributed by atoms with Crippen LogP contribution in [0.5, 0.6) is 0 Å². The Morgan fingerprint density at radius 3 is 2.36 bits per heavy atom. The average Bonchev–Trinajstić information content (AvgIpc) is 3.08. The number of carbonyl (C=O) groups is 1. The molecule has 0 radical (unpaired) electrons. The van der Waals surface area contributed by atoms with Crippen LogP contribution in [0, 0.1) is 12.8 Å². The summed E-state index contributed by atoms with van der Waals surface area (Å²) in [6.45, 7) is 11.8. The molecule has 0 aliphatic carbocycles. The molecular weight excluding hydrogens is 438 g/mol. The third-order valence-electron chi connectivity index (χ3n) is 5.20. The molecule has 0 aliphatic rings. The molecule has 1 heterocycles. The van der Waals surface area contributed by atoms with Gasteiger partial charge in [-0.1, -0.05) is 38.1 Å². The number of aryl methyl sites for hydroxylation is 1. The lowest BCUT2D eigenvalue weighted by atomic mass is 10.1. The summed E-state index contributed by atoms with van der Waals surface area (Å²) in [6.07, 6.45) is 1.60. The molecule has 8 nitrogen and oxygen atoms in total. The highest BCUT2D eigenvalue weighted by Gasteiger charge is 2.26. The van der Waals surface area contributed by atoms with Crippen LogP contribution in [0.3, 0.4) is 0 Å². The monoisotopic (exact) mass is 477 g/mol. The highest BCUT2D eigenvalue weighted by molar-refractivity contribution is 7.90. The van der Waals surface area contributed by atoms with Crippen LogP contribution < -0.4 is 5.32 Å². The second kappa shape index (κ2) is 11.7. The summed E-state index contributed by atoms with van der Waals surface area (Å²) in [5.74, 6) is 0.108. The van der Waals surface area contributed by atoms with E-state index >= 15 is 0 Å². The standard InChI is InChI=1S/C24H39N5O3S/c1-18(2)15-29-22(16-28(13-12-27(6)7)23(30)26-19(3)4)14-25-24(29)33(31,32)17-21-11-9-8-10-20(21)5/h8-11,14,18-19H,12-13,15-17H2,1-7H3,(H,26,30). The Morgan fingerprint density at radius 2 is 1.79 bits per heavy atom. The number of imidazole rings is 1. The normalized spacial score (nSPS) is 12.1. The molecule has 33 heavy (non-hydrogen) atoms. The Balaban J connectivity index is 2.40. The maximum absolute atomic E-state index is 13.4. The summed E-state index contributed by atoms with van der Waals surface area (Å²) >= 11 is 0. The van der Waals surface area contributed by atoms with Crippen molar-refractivity contribution in [3.8, 4) is 0 Å². The quantitative estimate of drug-likeness (QED) is 0.537. The molecule has 0 aliphatic heterocycles. The Hall–Kier alpha value is -2.39. The SMILES string of the molecule is Cc1ccccc1CS(=O)(=O)c1ncc(CN(CCN(C)C)C(=O)NC(C)C)n1CC(C)C. The molecule has 0 fully saturated rings. The number of amides is 2. The summed E-state index contributed by atoms with van der Waals surface area (Å²) in [4.78, 5) is 20.9. The number of hydrogen-bond acceptors (Lipinski definition) is 5. The molecule has 2 aromatic rings. The van der Waals surface area contributed by atoms with Crippen molar-refractivity contribution in [1.29, 1.82) is 0 Å². The zero-order valence-electron chi connectivity index (χ0n) is 21.0. The molecule has 0 unspecified atom stereocenters. The Morgan fingerprint density at radius 1 is 1.12 bits per heavy atom. The van der Waals surface area contributed by atoms with Gasteiger partial charge in [-0.3, -0.25) is 0 Å². The van der Waals surface area contributed by atoms with Gasteiger partial charge in [-0.05, 0) is 51.9 Å². The summed E-state index contributed by atoms with van der Waals surface area (Å²) in [5.41, 5.74) is 2.41. The van der Waals surface area contributed by atoms with Crippen molar-refractivity contribution in [2.24, 2.45) is 5.92 Å². The second-order valence-corrected chi connectivity index (χ2v) is 11.4. The lowest BCUT2D eigenvalue weighted by molar-refractivity contribution is 0.184. The maximum atomic E-state index is 13.4. The lowest BCUT2D eigenvalue weighted by Crippen LogP contribution is -2.45.